The van der Waals surface area contributed by atoms with Gasteiger partial charge in [0.1, 0.15) is 17.9 Å². The first-order valence-electron chi connectivity index (χ1n) is 6.55. The van der Waals surface area contributed by atoms with Gasteiger partial charge < -0.3 is 9.84 Å². The number of nitrogens with zero attached hydrogens (tertiary/aromatic N) is 1. The summed E-state index contributed by atoms with van der Waals surface area (Å²) >= 11 is 3.34. The molecule has 0 amide bonds. The molecule has 1 aliphatic heterocycles. The molecule has 0 spiro atoms. The molecular weight excluding hydrogens is 310 g/mol. The fourth-order valence-electron chi connectivity index (χ4n) is 2.28. The van der Waals surface area contributed by atoms with Gasteiger partial charge in [0, 0.05) is 6.54 Å². The number of halogens is 1. The normalized spacial score (nSPS) is 16.3. The van der Waals surface area contributed by atoms with Crippen LogP contribution >= 0.6 is 15.9 Å². The van der Waals surface area contributed by atoms with Gasteiger partial charge in [-0.15, -0.1) is 0 Å². The number of para-hydroxylation sites is 1. The quantitative estimate of drug-likeness (QED) is 0.903. The number of benzene rings is 1. The Labute approximate surface area is 121 Å². The van der Waals surface area contributed by atoms with Crippen LogP contribution in [0.5, 0.6) is 5.75 Å². The van der Waals surface area contributed by atoms with Crippen LogP contribution in [0.1, 0.15) is 29.6 Å². The van der Waals surface area contributed by atoms with Crippen molar-refractivity contribution in [3.63, 3.8) is 0 Å². The maximum absolute atomic E-state index is 11.1. The van der Waals surface area contributed by atoms with Crippen LogP contribution in [0.25, 0.3) is 0 Å². The number of carboxylic acids is 1. The van der Waals surface area contributed by atoms with E-state index in [1.165, 1.54) is 19.3 Å². The molecule has 4 nitrogen and oxygen atoms in total. The Kier molecular flexibility index (Phi) is 5.22. The van der Waals surface area contributed by atoms with Crippen molar-refractivity contribution in [3.05, 3.63) is 28.2 Å². The molecule has 1 saturated heterocycles. The van der Waals surface area contributed by atoms with Crippen LogP contribution in [-0.2, 0) is 0 Å². The molecule has 0 aromatic heterocycles. The van der Waals surface area contributed by atoms with Crippen molar-refractivity contribution in [2.45, 2.75) is 19.3 Å². The number of carboxylic acid groups (broad SMARTS) is 1. The smallest absolute Gasteiger partial charge is 0.339 e. The third-order valence-corrected chi connectivity index (χ3v) is 3.92. The summed E-state index contributed by atoms with van der Waals surface area (Å²) in [6.45, 7) is 3.60. The molecule has 1 N–H and O–H groups in total. The second-order valence-corrected chi connectivity index (χ2v) is 5.53. The van der Waals surface area contributed by atoms with E-state index in [1.807, 2.05) is 0 Å². The predicted octanol–water partition coefficient (Wildman–Crippen LogP) is 3.01. The minimum Gasteiger partial charge on any atom is -0.490 e. The average Bonchev–Trinajstić information content (AvgIpc) is 2.41. The molecule has 0 atom stereocenters. The van der Waals surface area contributed by atoms with E-state index in [-0.39, 0.29) is 5.56 Å². The monoisotopic (exact) mass is 327 g/mol. The highest BCUT2D eigenvalue weighted by molar-refractivity contribution is 9.10. The number of hydrogen-bond donors (Lipinski definition) is 1. The van der Waals surface area contributed by atoms with E-state index in [9.17, 15) is 4.79 Å². The molecule has 1 aliphatic rings. The summed E-state index contributed by atoms with van der Waals surface area (Å²) in [5.74, 6) is -0.540. The maximum Gasteiger partial charge on any atom is 0.339 e. The fraction of sp³-hybridized carbons (Fsp3) is 0.500. The van der Waals surface area contributed by atoms with Gasteiger partial charge in [0.05, 0.1) is 4.47 Å². The zero-order chi connectivity index (χ0) is 13.7. The minimum absolute atomic E-state index is 0.202. The Balaban J connectivity index is 1.93. The fourth-order valence-corrected chi connectivity index (χ4v) is 2.76. The average molecular weight is 328 g/mol. The number of carbonyl (C=O) groups is 1. The summed E-state index contributed by atoms with van der Waals surface area (Å²) in [6, 6.07) is 5.05. The SMILES string of the molecule is O=C(O)c1cccc(Br)c1OCCN1CCCCC1. The summed E-state index contributed by atoms with van der Waals surface area (Å²) in [4.78, 5) is 13.5. The first kappa shape index (κ1) is 14.3. The van der Waals surface area contributed by atoms with Gasteiger partial charge in [-0.3, -0.25) is 4.90 Å². The molecule has 5 heteroatoms. The van der Waals surface area contributed by atoms with E-state index < -0.39 is 5.97 Å². The van der Waals surface area contributed by atoms with Gasteiger partial charge in [-0.1, -0.05) is 12.5 Å². The third kappa shape index (κ3) is 3.94. The summed E-state index contributed by atoms with van der Waals surface area (Å²) < 4.78 is 6.35. The summed E-state index contributed by atoms with van der Waals surface area (Å²) in [5, 5.41) is 9.13. The number of ether oxygens (including phenoxy) is 1. The standard InChI is InChI=1S/C14H18BrNO3/c15-12-6-4-5-11(14(17)18)13(12)19-10-9-16-7-2-1-3-8-16/h4-6H,1-3,7-10H2,(H,17,18). The van der Waals surface area contributed by atoms with Crippen LogP contribution in [0.15, 0.2) is 22.7 Å². The van der Waals surface area contributed by atoms with E-state index in [1.54, 1.807) is 18.2 Å². The predicted molar refractivity (Wildman–Crippen MR) is 76.9 cm³/mol. The zero-order valence-corrected chi connectivity index (χ0v) is 12.4. The Bertz CT molecular complexity index is 444. The number of aromatic carboxylic acids is 1. The van der Waals surface area contributed by atoms with Crippen molar-refractivity contribution in [3.8, 4) is 5.75 Å². The van der Waals surface area contributed by atoms with Crippen LogP contribution in [0, 0.1) is 0 Å². The van der Waals surface area contributed by atoms with Gasteiger partial charge in [-0.25, -0.2) is 4.79 Å². The molecule has 0 unspecified atom stereocenters. The zero-order valence-electron chi connectivity index (χ0n) is 10.8. The molecule has 0 radical (unpaired) electrons. The molecule has 1 aromatic carbocycles. The lowest BCUT2D eigenvalue weighted by atomic mass is 10.1. The number of piperidine rings is 1. The van der Waals surface area contributed by atoms with Crippen molar-refractivity contribution in [1.82, 2.24) is 4.90 Å². The molecule has 19 heavy (non-hydrogen) atoms. The lowest BCUT2D eigenvalue weighted by molar-refractivity contribution is 0.0691. The highest BCUT2D eigenvalue weighted by Crippen LogP contribution is 2.29. The summed E-state index contributed by atoms with van der Waals surface area (Å²) in [6.07, 6.45) is 3.80. The van der Waals surface area contributed by atoms with Gasteiger partial charge in [-0.2, -0.15) is 0 Å². The lowest BCUT2D eigenvalue weighted by Gasteiger charge is -2.26. The van der Waals surface area contributed by atoms with Crippen LogP contribution in [-0.4, -0.2) is 42.2 Å². The van der Waals surface area contributed by atoms with E-state index >= 15 is 0 Å². The van der Waals surface area contributed by atoms with E-state index in [4.69, 9.17) is 9.84 Å². The Morgan fingerprint density at radius 3 is 2.74 bits per heavy atom. The molecule has 2 rings (SSSR count). The molecular formula is C14H18BrNO3. The van der Waals surface area contributed by atoms with Crippen molar-refractivity contribution >= 4 is 21.9 Å². The van der Waals surface area contributed by atoms with E-state index in [2.05, 4.69) is 20.8 Å². The molecule has 104 valence electrons. The van der Waals surface area contributed by atoms with Crippen molar-refractivity contribution < 1.29 is 14.6 Å². The van der Waals surface area contributed by atoms with Crippen molar-refractivity contribution in [2.75, 3.05) is 26.2 Å². The molecule has 0 saturated carbocycles. The molecule has 1 fully saturated rings. The van der Waals surface area contributed by atoms with Crippen molar-refractivity contribution in [1.29, 1.82) is 0 Å². The minimum atomic E-state index is -0.964. The first-order valence-corrected chi connectivity index (χ1v) is 7.35. The third-order valence-electron chi connectivity index (χ3n) is 3.30. The Hall–Kier alpha value is -1.07. The largest absolute Gasteiger partial charge is 0.490 e. The second kappa shape index (κ2) is 6.91. The Morgan fingerprint density at radius 2 is 2.05 bits per heavy atom. The number of hydrogen-bond acceptors (Lipinski definition) is 3. The van der Waals surface area contributed by atoms with E-state index in [0.717, 1.165) is 19.6 Å². The van der Waals surface area contributed by atoms with Crippen LogP contribution in [0.2, 0.25) is 0 Å². The number of likely N-dealkylation sites (tertiary alicyclic amines) is 1. The molecule has 1 aromatic rings. The van der Waals surface area contributed by atoms with Gasteiger partial charge in [0.2, 0.25) is 0 Å². The molecule has 1 heterocycles. The lowest BCUT2D eigenvalue weighted by Crippen LogP contribution is -2.33. The van der Waals surface area contributed by atoms with Crippen LogP contribution < -0.4 is 4.74 Å². The van der Waals surface area contributed by atoms with Crippen LogP contribution in [0.3, 0.4) is 0 Å². The molecule has 0 aliphatic carbocycles. The highest BCUT2D eigenvalue weighted by Gasteiger charge is 2.15. The summed E-state index contributed by atoms with van der Waals surface area (Å²) in [7, 11) is 0. The van der Waals surface area contributed by atoms with Gasteiger partial charge >= 0.3 is 5.97 Å². The van der Waals surface area contributed by atoms with Crippen LogP contribution in [0.4, 0.5) is 0 Å². The maximum atomic E-state index is 11.1. The Morgan fingerprint density at radius 1 is 1.32 bits per heavy atom. The van der Waals surface area contributed by atoms with E-state index in [0.29, 0.717) is 16.8 Å². The van der Waals surface area contributed by atoms with Gasteiger partial charge in [0.25, 0.3) is 0 Å². The number of rotatable bonds is 5. The first-order chi connectivity index (χ1) is 9.18. The summed E-state index contributed by atoms with van der Waals surface area (Å²) in [5.41, 5.74) is 0.202. The topological polar surface area (TPSA) is 49.8 Å². The van der Waals surface area contributed by atoms with Gasteiger partial charge in [-0.05, 0) is 54.0 Å². The molecule has 0 bridgehead atoms. The van der Waals surface area contributed by atoms with Crippen molar-refractivity contribution in [2.24, 2.45) is 0 Å². The van der Waals surface area contributed by atoms with Gasteiger partial charge in [0.15, 0.2) is 0 Å². The second-order valence-electron chi connectivity index (χ2n) is 4.67. The highest BCUT2D eigenvalue weighted by atomic mass is 79.9.